The molecular formula is C76H114F10N12O13. The largest absolute Gasteiger partial charge is 0.397 e. The molecule has 111 heavy (non-hydrogen) atoms. The van der Waals surface area contributed by atoms with Crippen LogP contribution in [0.25, 0.3) is 0 Å². The van der Waals surface area contributed by atoms with Gasteiger partial charge in [-0.25, -0.2) is 17.6 Å². The number of nitrogens with one attached hydrogen (secondary N) is 3. The molecular weight excluding hydrogens is 1480 g/mol. The van der Waals surface area contributed by atoms with Crippen molar-refractivity contribution >= 4 is 70.9 Å². The van der Waals surface area contributed by atoms with Crippen LogP contribution >= 0.6 is 0 Å². The number of rotatable bonds is 13. The van der Waals surface area contributed by atoms with Crippen molar-refractivity contribution in [2.75, 3.05) is 89.2 Å². The molecule has 12 atom stereocenters. The molecule has 5 saturated carbocycles. The Labute approximate surface area is 643 Å². The highest BCUT2D eigenvalue weighted by molar-refractivity contribution is 6.01. The van der Waals surface area contributed by atoms with Crippen LogP contribution in [0, 0.1) is 41.4 Å². The van der Waals surface area contributed by atoms with Crippen molar-refractivity contribution in [3.05, 3.63) is 12.2 Å². The molecule has 0 radical (unpaired) electrons. The van der Waals surface area contributed by atoms with Gasteiger partial charge >= 0.3 is 12.4 Å². The quantitative estimate of drug-likeness (QED) is 0.127. The number of carbonyl (C=O) groups excluding carboxylic acids is 12. The molecule has 3 aliphatic heterocycles. The van der Waals surface area contributed by atoms with Crippen molar-refractivity contribution in [3.63, 3.8) is 0 Å². The number of fused-ring (bicyclic) bond motifs is 3. The van der Waals surface area contributed by atoms with Crippen molar-refractivity contribution < 1.29 is 106 Å². The fourth-order valence-electron chi connectivity index (χ4n) is 17.8. The van der Waals surface area contributed by atoms with Crippen molar-refractivity contribution in [1.29, 1.82) is 0 Å². The van der Waals surface area contributed by atoms with Gasteiger partial charge in [0.2, 0.25) is 70.9 Å². The molecule has 0 aromatic heterocycles. The van der Waals surface area contributed by atoms with E-state index in [0.717, 1.165) is 52.7 Å². The van der Waals surface area contributed by atoms with Gasteiger partial charge in [0.1, 0.15) is 72.1 Å². The van der Waals surface area contributed by atoms with Crippen LogP contribution in [0.3, 0.4) is 0 Å². The normalized spacial score (nSPS) is 32.7. The standard InChI is InChI=1S/C76H114F10N12O13/c1-12-43(3)62-70(108)92(7)40-60(101)93(8)53-24-15-14-18-31-97(69(53)107)57(35-45-25-28-48(29-26-45)75(81,82)83)68(106)91(6)39-58(99)87-52(30-27-46-32-50(77)61(51(78)33-46)76(84,85)86)66(104)98-38-49(111-13-2)36-55(98)65(103)89-73(41-74(79,80)42-73)72(110)96(11)63(47-22-16-17-23-47)71(109)95(10)56(67(105)90(4)5)37-59(100)94(9)54(64(102)88-62)34-44-20-19-21-44/h14-15,43-57,61-63H,12-13,16-42H2,1-11H3,(H,87,99)(H,88,102)(H,89,103)/b15-14-/t43-,45?,46?,48?,49+,50?,51?,52-,53-,54-,55-,56-,57-,61?,62-,63-/m0/s1. The predicted molar refractivity (Wildman–Crippen MR) is 384 cm³/mol. The van der Waals surface area contributed by atoms with Crippen LogP contribution in [-0.4, -0.2) is 295 Å². The number of halogens is 10. The maximum atomic E-state index is 15.8. The van der Waals surface area contributed by atoms with E-state index in [-0.39, 0.29) is 76.9 Å². The van der Waals surface area contributed by atoms with E-state index in [4.69, 9.17) is 4.74 Å². The first-order chi connectivity index (χ1) is 51.9. The Kier molecular flexibility index (Phi) is 30.0. The average molecular weight is 1590 g/mol. The number of nitrogens with zero attached hydrogens (tertiary/aromatic N) is 9. The van der Waals surface area contributed by atoms with Gasteiger partial charge in [0.15, 0.2) is 0 Å². The first-order valence-electron chi connectivity index (χ1n) is 39.3. The van der Waals surface area contributed by atoms with E-state index in [2.05, 4.69) is 16.0 Å². The van der Waals surface area contributed by atoms with Gasteiger partial charge in [-0.05, 0) is 126 Å². The Bertz CT molecular complexity index is 3370. The van der Waals surface area contributed by atoms with Gasteiger partial charge in [-0.1, -0.05) is 64.5 Å². The number of alkyl halides is 10. The predicted octanol–water partition coefficient (Wildman–Crippen LogP) is 6.74. The number of likely N-dealkylation sites (N-methyl/N-ethyl adjacent to an activating group) is 7. The number of hydrogen-bond acceptors (Lipinski definition) is 13. The van der Waals surface area contributed by atoms with Gasteiger partial charge in [-0.15, -0.1) is 0 Å². The molecule has 0 aromatic rings. The smallest absolute Gasteiger partial charge is 0.377 e. The van der Waals surface area contributed by atoms with E-state index in [9.17, 15) is 45.5 Å². The van der Waals surface area contributed by atoms with E-state index in [0.29, 0.717) is 44.9 Å². The van der Waals surface area contributed by atoms with Crippen LogP contribution in [-0.2, 0) is 62.3 Å². The molecule has 2 saturated heterocycles. The molecule has 0 aromatic carbocycles. The zero-order valence-electron chi connectivity index (χ0n) is 65.7. The van der Waals surface area contributed by atoms with Gasteiger partial charge in [0, 0.05) is 95.3 Å². The summed E-state index contributed by atoms with van der Waals surface area (Å²) < 4.78 is 153. The summed E-state index contributed by atoms with van der Waals surface area (Å²) in [7, 11) is 10.3. The van der Waals surface area contributed by atoms with Crippen LogP contribution in [0.15, 0.2) is 12.2 Å². The highest BCUT2D eigenvalue weighted by atomic mass is 19.4. The molecule has 8 aliphatic rings. The third-order valence-electron chi connectivity index (χ3n) is 24.9. The Balaban J connectivity index is 1.22. The third kappa shape index (κ3) is 21.4. The fraction of sp³-hybridized carbons (Fsp3) is 0.816. The minimum Gasteiger partial charge on any atom is -0.377 e. The fourth-order valence-corrected chi connectivity index (χ4v) is 17.8. The van der Waals surface area contributed by atoms with Gasteiger partial charge < -0.3 is 64.8 Å². The lowest BCUT2D eigenvalue weighted by Gasteiger charge is -2.50. The van der Waals surface area contributed by atoms with Crippen LogP contribution < -0.4 is 16.0 Å². The van der Waals surface area contributed by atoms with Crippen LogP contribution in [0.4, 0.5) is 43.9 Å². The van der Waals surface area contributed by atoms with E-state index in [1.54, 1.807) is 32.9 Å². The van der Waals surface area contributed by atoms with Crippen LogP contribution in [0.2, 0.25) is 0 Å². The summed E-state index contributed by atoms with van der Waals surface area (Å²) in [6.07, 6.45) is -15.9. The van der Waals surface area contributed by atoms with E-state index >= 15 is 55.9 Å². The van der Waals surface area contributed by atoms with Crippen molar-refractivity contribution in [2.45, 2.75) is 265 Å². The van der Waals surface area contributed by atoms with Gasteiger partial charge in [0.05, 0.1) is 31.5 Å². The van der Waals surface area contributed by atoms with Crippen molar-refractivity contribution in [2.24, 2.45) is 41.4 Å². The first-order valence-corrected chi connectivity index (χ1v) is 39.3. The second-order valence-corrected chi connectivity index (χ2v) is 32.9. The molecule has 1 spiro atoms. The zero-order chi connectivity index (χ0) is 82.3. The summed E-state index contributed by atoms with van der Waals surface area (Å²) in [4.78, 5) is 191. The maximum absolute atomic E-state index is 15.8. The molecule has 8 rings (SSSR count). The first kappa shape index (κ1) is 89.2. The van der Waals surface area contributed by atoms with Gasteiger partial charge in [-0.2, -0.15) is 26.3 Å². The summed E-state index contributed by atoms with van der Waals surface area (Å²) in [6.45, 7) is 2.74. The van der Waals surface area contributed by atoms with Gasteiger partial charge in [-0.3, -0.25) is 57.5 Å². The van der Waals surface area contributed by atoms with E-state index in [1.807, 2.05) is 0 Å². The third-order valence-corrected chi connectivity index (χ3v) is 24.9. The number of hydrogen-bond donors (Lipinski definition) is 3. The molecule has 25 nitrogen and oxygen atoms in total. The van der Waals surface area contributed by atoms with E-state index < -0.39 is 262 Å². The monoisotopic (exact) mass is 1590 g/mol. The summed E-state index contributed by atoms with van der Waals surface area (Å²) in [6, 6.07) is -12.3. The minimum absolute atomic E-state index is 0.0188. The molecule has 7 fully saturated rings. The Morgan fingerprint density at radius 2 is 1.23 bits per heavy atom. The number of ether oxygens (including phenoxy) is 1. The van der Waals surface area contributed by atoms with E-state index in [1.165, 1.54) is 54.2 Å². The maximum Gasteiger partial charge on any atom is 0.397 e. The molecule has 5 aliphatic carbocycles. The Morgan fingerprint density at radius 1 is 0.622 bits per heavy atom. The Morgan fingerprint density at radius 3 is 1.78 bits per heavy atom. The summed E-state index contributed by atoms with van der Waals surface area (Å²) in [5, 5.41) is 7.91. The molecule has 35 heteroatoms. The van der Waals surface area contributed by atoms with Gasteiger partial charge in [0.25, 0.3) is 5.92 Å². The Hall–Kier alpha value is -7.36. The molecule has 12 amide bonds. The number of amides is 12. The SMILES string of the molecule is CCO[C@@H]1C[C@H]2C(=O)NC3(CC(F)(F)C3)C(=O)N(C)[C@@H](C3CCCC3)C(=O)N(C)[C@H](C(=O)N(C)C)CC(=O)N(C)[C@@H](CC3CCC3)C(=O)N[C@@H]([C@@H](C)CC)C(=O)N(C)CC(=O)N(C)[C@H]3C/C=C\CCN(C3=O)[C@@H](CC3CCC(C(F)(F)F)CC3)C(=O)N(C)CC(=O)N[C@@H](CCC3CC(F)C(C(F)(F)F)C(F)C3)C(=O)N2C1. The lowest BCUT2D eigenvalue weighted by Crippen LogP contribution is -2.72. The zero-order valence-corrected chi connectivity index (χ0v) is 65.7. The van der Waals surface area contributed by atoms with Crippen LogP contribution in [0.1, 0.15) is 175 Å². The summed E-state index contributed by atoms with van der Waals surface area (Å²) in [5.41, 5.74) is -2.50. The lowest BCUT2D eigenvalue weighted by molar-refractivity contribution is -0.219. The average Bonchev–Trinajstić information content (AvgIpc) is 1.35. The molecule has 3 heterocycles. The highest BCUT2D eigenvalue weighted by Gasteiger charge is 2.65. The second-order valence-electron chi connectivity index (χ2n) is 32.9. The molecule has 3 N–H and O–H groups in total. The molecule has 626 valence electrons. The minimum atomic E-state index is -5.26. The summed E-state index contributed by atoms with van der Waals surface area (Å²) in [5.74, 6) is -22.4. The topological polar surface area (TPSA) is 279 Å². The highest BCUT2D eigenvalue weighted by Crippen LogP contribution is 2.49. The van der Waals surface area contributed by atoms with Crippen LogP contribution in [0.5, 0.6) is 0 Å². The lowest BCUT2D eigenvalue weighted by atomic mass is 9.71. The molecule has 2 unspecified atom stereocenters. The van der Waals surface area contributed by atoms with Crippen molar-refractivity contribution in [1.82, 2.24) is 60.0 Å². The second kappa shape index (κ2) is 37.3. The van der Waals surface area contributed by atoms with Crippen molar-refractivity contribution in [3.8, 4) is 0 Å². The molecule has 2 bridgehead atoms. The number of carbonyl (C=O) groups is 12. The summed E-state index contributed by atoms with van der Waals surface area (Å²) >= 11 is 0.